The molecule has 0 saturated carbocycles. The van der Waals surface area contributed by atoms with Crippen molar-refractivity contribution in [3.63, 3.8) is 0 Å². The molecule has 3 unspecified atom stereocenters. The van der Waals surface area contributed by atoms with Crippen molar-refractivity contribution in [3.05, 3.63) is 48.5 Å². The van der Waals surface area contributed by atoms with Gasteiger partial charge in [-0.05, 0) is 30.0 Å². The first-order valence-corrected chi connectivity index (χ1v) is 12.0. The number of amides is 1. The van der Waals surface area contributed by atoms with Gasteiger partial charge in [-0.25, -0.2) is 4.98 Å². The van der Waals surface area contributed by atoms with Gasteiger partial charge >= 0.3 is 0 Å². The molecule has 1 amide bonds. The van der Waals surface area contributed by atoms with Gasteiger partial charge in [0.25, 0.3) is 0 Å². The van der Waals surface area contributed by atoms with E-state index < -0.39 is 6.10 Å². The molecule has 7 nitrogen and oxygen atoms in total. The number of benzene rings is 1. The molecule has 1 aliphatic heterocycles. The van der Waals surface area contributed by atoms with Gasteiger partial charge in [-0.1, -0.05) is 58.9 Å². The molecule has 0 spiro atoms. The number of likely N-dealkylation sites (tertiary alicyclic amines) is 1. The van der Waals surface area contributed by atoms with Gasteiger partial charge in [0.2, 0.25) is 5.91 Å². The number of aromatic nitrogens is 4. The Morgan fingerprint density at radius 2 is 1.82 bits per heavy atom. The minimum Gasteiger partial charge on any atom is -0.391 e. The van der Waals surface area contributed by atoms with Crippen LogP contribution in [0, 0.1) is 11.8 Å². The van der Waals surface area contributed by atoms with E-state index in [9.17, 15) is 9.90 Å². The summed E-state index contributed by atoms with van der Waals surface area (Å²) in [5.74, 6) is 0.960. The number of aliphatic hydroxyl groups is 1. The van der Waals surface area contributed by atoms with Crippen LogP contribution in [0.1, 0.15) is 59.8 Å². The highest BCUT2D eigenvalue weighted by atomic mass is 16.3. The number of aromatic amines is 1. The van der Waals surface area contributed by atoms with Crippen molar-refractivity contribution in [3.8, 4) is 22.5 Å². The molecule has 3 atom stereocenters. The van der Waals surface area contributed by atoms with Crippen LogP contribution in [-0.2, 0) is 11.3 Å². The summed E-state index contributed by atoms with van der Waals surface area (Å²) in [5, 5.41) is 14.6. The van der Waals surface area contributed by atoms with Crippen LogP contribution < -0.4 is 0 Å². The second-order valence-corrected chi connectivity index (χ2v) is 8.72. The van der Waals surface area contributed by atoms with E-state index in [1.165, 1.54) is 0 Å². The van der Waals surface area contributed by atoms with Gasteiger partial charge in [-0.2, -0.15) is 5.10 Å². The number of carbonyl (C=O) groups excluding carboxylic acids is 1. The Bertz CT molecular complexity index is 1040. The molecule has 4 rings (SSSR count). The molecule has 178 valence electrons. The van der Waals surface area contributed by atoms with Gasteiger partial charge in [0.1, 0.15) is 5.82 Å². The largest absolute Gasteiger partial charge is 0.391 e. The van der Waals surface area contributed by atoms with Crippen LogP contribution in [0.2, 0.25) is 0 Å². The quantitative estimate of drug-likeness (QED) is 0.557. The fourth-order valence-corrected chi connectivity index (χ4v) is 4.17. The number of H-pyrrole nitrogens is 1. The Hall–Kier alpha value is -2.93. The lowest BCUT2D eigenvalue weighted by atomic mass is 9.96. The van der Waals surface area contributed by atoms with Crippen molar-refractivity contribution in [2.75, 3.05) is 6.54 Å². The van der Waals surface area contributed by atoms with Crippen LogP contribution in [0.5, 0.6) is 0 Å². The standard InChI is InChI=1S/C24H31N5O2.C2H6/c1-5-29-21(10-11-26-29)18-8-6-17(7-9-18)20-13-25-23(27-20)22-12-19(30)14-28(22)24(31)16(4)15(2)3;1-2/h6-11,13,15-16,19,22,30H,5,12,14H2,1-4H3,(H,25,27);1-2H3. The summed E-state index contributed by atoms with van der Waals surface area (Å²) < 4.78 is 1.97. The molecular weight excluding hydrogens is 414 g/mol. The van der Waals surface area contributed by atoms with E-state index in [4.69, 9.17) is 0 Å². The zero-order chi connectivity index (χ0) is 24.1. The third kappa shape index (κ3) is 5.19. The number of aliphatic hydroxyl groups excluding tert-OH is 1. The van der Waals surface area contributed by atoms with Crippen molar-refractivity contribution in [2.45, 2.75) is 66.7 Å². The predicted octanol–water partition coefficient (Wildman–Crippen LogP) is 4.91. The summed E-state index contributed by atoms with van der Waals surface area (Å²) in [6, 6.07) is 10.1. The van der Waals surface area contributed by atoms with Gasteiger partial charge in [-0.15, -0.1) is 0 Å². The van der Waals surface area contributed by atoms with Crippen LogP contribution in [0.15, 0.2) is 42.7 Å². The first-order chi connectivity index (χ1) is 15.9. The molecule has 0 bridgehead atoms. The molecule has 3 heterocycles. The molecule has 1 fully saturated rings. The normalized spacial score (nSPS) is 18.8. The summed E-state index contributed by atoms with van der Waals surface area (Å²) >= 11 is 0. The Balaban J connectivity index is 0.00000149. The zero-order valence-electron chi connectivity index (χ0n) is 20.6. The van der Waals surface area contributed by atoms with Gasteiger partial charge in [-0.3, -0.25) is 9.48 Å². The molecule has 0 radical (unpaired) electrons. The molecule has 33 heavy (non-hydrogen) atoms. The van der Waals surface area contributed by atoms with E-state index in [-0.39, 0.29) is 23.8 Å². The fraction of sp³-hybridized carbons (Fsp3) is 0.500. The molecule has 2 N–H and O–H groups in total. The first-order valence-electron chi connectivity index (χ1n) is 12.0. The van der Waals surface area contributed by atoms with Gasteiger partial charge in [0, 0.05) is 31.6 Å². The van der Waals surface area contributed by atoms with Crippen LogP contribution in [0.3, 0.4) is 0 Å². The predicted molar refractivity (Wildman–Crippen MR) is 131 cm³/mol. The van der Waals surface area contributed by atoms with E-state index in [0.29, 0.717) is 13.0 Å². The number of nitrogens with zero attached hydrogens (tertiary/aromatic N) is 4. The lowest BCUT2D eigenvalue weighted by Gasteiger charge is -2.27. The topological polar surface area (TPSA) is 87.0 Å². The molecule has 7 heteroatoms. The maximum absolute atomic E-state index is 13.0. The monoisotopic (exact) mass is 451 g/mol. The molecule has 1 saturated heterocycles. The van der Waals surface area contributed by atoms with E-state index >= 15 is 0 Å². The van der Waals surface area contributed by atoms with Crippen molar-refractivity contribution >= 4 is 5.91 Å². The maximum Gasteiger partial charge on any atom is 0.226 e. The van der Waals surface area contributed by atoms with E-state index in [1.54, 1.807) is 11.1 Å². The average molecular weight is 452 g/mol. The van der Waals surface area contributed by atoms with Crippen LogP contribution in [0.25, 0.3) is 22.5 Å². The number of nitrogens with one attached hydrogen (secondary N) is 1. The molecule has 0 aliphatic carbocycles. The summed E-state index contributed by atoms with van der Waals surface area (Å²) in [7, 11) is 0. The van der Waals surface area contributed by atoms with Crippen LogP contribution in [0.4, 0.5) is 0 Å². The van der Waals surface area contributed by atoms with Crippen molar-refractivity contribution in [2.24, 2.45) is 11.8 Å². The Labute approximate surface area is 196 Å². The second kappa shape index (κ2) is 10.8. The minimum atomic E-state index is -0.524. The number of imidazole rings is 1. The van der Waals surface area contributed by atoms with Gasteiger partial charge in [0.05, 0.1) is 29.7 Å². The minimum absolute atomic E-state index is 0.0754. The number of β-amino-alcohol motifs (C(OH)–C–C–N with tert-alkyl or cyclic N) is 1. The zero-order valence-corrected chi connectivity index (χ0v) is 20.6. The second-order valence-electron chi connectivity index (χ2n) is 8.72. The molecular formula is C26H37N5O2. The smallest absolute Gasteiger partial charge is 0.226 e. The maximum atomic E-state index is 13.0. The highest BCUT2D eigenvalue weighted by Crippen LogP contribution is 2.34. The van der Waals surface area contributed by atoms with Crippen molar-refractivity contribution < 1.29 is 9.90 Å². The lowest BCUT2D eigenvalue weighted by molar-refractivity contribution is -0.137. The van der Waals surface area contributed by atoms with Crippen LogP contribution >= 0.6 is 0 Å². The van der Waals surface area contributed by atoms with E-state index in [0.717, 1.165) is 34.9 Å². The SMILES string of the molecule is CC.CCn1nccc1-c1ccc(-c2cnc(C3CC(O)CN3C(=O)C(C)C(C)C)[nH]2)cc1. The Morgan fingerprint density at radius 1 is 1.15 bits per heavy atom. The number of carbonyl (C=O) groups is 1. The lowest BCUT2D eigenvalue weighted by Crippen LogP contribution is -2.37. The van der Waals surface area contributed by atoms with Crippen molar-refractivity contribution in [1.29, 1.82) is 0 Å². The van der Waals surface area contributed by atoms with Gasteiger partial charge < -0.3 is 15.0 Å². The average Bonchev–Trinajstić information content (AvgIpc) is 3.58. The Kier molecular flexibility index (Phi) is 8.08. The first kappa shape index (κ1) is 24.7. The van der Waals surface area contributed by atoms with E-state index in [1.807, 2.05) is 51.6 Å². The summed E-state index contributed by atoms with van der Waals surface area (Å²) in [6.45, 7) is 13.3. The van der Waals surface area contributed by atoms with Crippen LogP contribution in [-0.4, -0.2) is 48.3 Å². The number of rotatable bonds is 6. The third-order valence-electron chi connectivity index (χ3n) is 6.37. The molecule has 3 aromatic rings. The van der Waals surface area contributed by atoms with Crippen molar-refractivity contribution in [1.82, 2.24) is 24.6 Å². The Morgan fingerprint density at radius 3 is 2.45 bits per heavy atom. The molecule has 1 aromatic carbocycles. The summed E-state index contributed by atoms with van der Waals surface area (Å²) in [4.78, 5) is 22.7. The fourth-order valence-electron chi connectivity index (χ4n) is 4.17. The number of hydrogen-bond acceptors (Lipinski definition) is 4. The summed E-state index contributed by atoms with van der Waals surface area (Å²) in [5.41, 5.74) is 4.13. The number of hydrogen-bond donors (Lipinski definition) is 2. The summed E-state index contributed by atoms with van der Waals surface area (Å²) in [6.07, 6.45) is 3.60. The molecule has 2 aromatic heterocycles. The molecule has 1 aliphatic rings. The highest BCUT2D eigenvalue weighted by molar-refractivity contribution is 5.79. The third-order valence-corrected chi connectivity index (χ3v) is 6.37. The number of aryl methyl sites for hydroxylation is 1. The highest BCUT2D eigenvalue weighted by Gasteiger charge is 2.39. The van der Waals surface area contributed by atoms with Gasteiger partial charge in [0.15, 0.2) is 0 Å². The van der Waals surface area contributed by atoms with E-state index in [2.05, 4.69) is 46.3 Å².